The van der Waals surface area contributed by atoms with Crippen LogP contribution in [0.25, 0.3) is 0 Å². The highest BCUT2D eigenvalue weighted by Gasteiger charge is 2.14. The molecule has 1 heterocycles. The van der Waals surface area contributed by atoms with Gasteiger partial charge in [-0.3, -0.25) is 4.79 Å². The summed E-state index contributed by atoms with van der Waals surface area (Å²) in [4.78, 5) is 12.1. The fraction of sp³-hybridized carbons (Fsp3) is 0.526. The van der Waals surface area contributed by atoms with Crippen molar-refractivity contribution in [2.45, 2.75) is 51.5 Å². The van der Waals surface area contributed by atoms with E-state index in [9.17, 15) is 4.79 Å². The quantitative estimate of drug-likeness (QED) is 0.756. The standard InChI is InChI=1S/C19H26N4O/c24-19(20-13-7-6-10-16-8-4-5-9-16)18-15-23(22-21-18)14-17-11-2-1-3-12-17/h1-3,11-12,15-16H,4-10,13-14H2,(H,20,24). The number of rotatable bonds is 8. The summed E-state index contributed by atoms with van der Waals surface area (Å²) in [7, 11) is 0. The molecule has 5 heteroatoms. The van der Waals surface area contributed by atoms with Crippen LogP contribution in [0.3, 0.4) is 0 Å². The van der Waals surface area contributed by atoms with Crippen molar-refractivity contribution >= 4 is 5.91 Å². The third kappa shape index (κ3) is 4.91. The number of unbranched alkanes of at least 4 members (excludes halogenated alkanes) is 1. The largest absolute Gasteiger partial charge is 0.351 e. The average Bonchev–Trinajstić information content (AvgIpc) is 3.27. The lowest BCUT2D eigenvalue weighted by Crippen LogP contribution is -2.24. The van der Waals surface area contributed by atoms with E-state index < -0.39 is 0 Å². The molecule has 0 aliphatic heterocycles. The Bertz CT molecular complexity index is 632. The minimum absolute atomic E-state index is 0.129. The van der Waals surface area contributed by atoms with Crippen LogP contribution in [0.1, 0.15) is 61.0 Å². The zero-order valence-corrected chi connectivity index (χ0v) is 14.2. The van der Waals surface area contributed by atoms with E-state index in [1.165, 1.54) is 38.5 Å². The Morgan fingerprint density at radius 2 is 1.96 bits per heavy atom. The molecule has 0 saturated heterocycles. The number of hydrogen-bond donors (Lipinski definition) is 1. The van der Waals surface area contributed by atoms with Gasteiger partial charge in [-0.1, -0.05) is 74.1 Å². The van der Waals surface area contributed by atoms with Crippen molar-refractivity contribution in [2.75, 3.05) is 6.54 Å². The number of amides is 1. The number of hydrogen-bond acceptors (Lipinski definition) is 3. The van der Waals surface area contributed by atoms with Gasteiger partial charge in [-0.25, -0.2) is 4.68 Å². The third-order valence-corrected chi connectivity index (χ3v) is 4.76. The van der Waals surface area contributed by atoms with Gasteiger partial charge < -0.3 is 5.32 Å². The summed E-state index contributed by atoms with van der Waals surface area (Å²) in [5, 5.41) is 11.0. The van der Waals surface area contributed by atoms with E-state index in [1.54, 1.807) is 10.9 Å². The van der Waals surface area contributed by atoms with E-state index in [4.69, 9.17) is 0 Å². The van der Waals surface area contributed by atoms with Gasteiger partial charge >= 0.3 is 0 Å². The van der Waals surface area contributed by atoms with Crippen LogP contribution in [0.5, 0.6) is 0 Å². The Balaban J connectivity index is 1.37. The van der Waals surface area contributed by atoms with E-state index in [2.05, 4.69) is 15.6 Å². The van der Waals surface area contributed by atoms with Gasteiger partial charge in [0.25, 0.3) is 5.91 Å². The van der Waals surface area contributed by atoms with Crippen molar-refractivity contribution in [3.8, 4) is 0 Å². The summed E-state index contributed by atoms with van der Waals surface area (Å²) in [5.41, 5.74) is 1.53. The molecule has 2 aromatic rings. The molecule has 3 rings (SSSR count). The van der Waals surface area contributed by atoms with Gasteiger partial charge in [0.1, 0.15) is 0 Å². The van der Waals surface area contributed by atoms with Crippen LogP contribution in [0.4, 0.5) is 0 Å². The minimum Gasteiger partial charge on any atom is -0.351 e. The molecule has 5 nitrogen and oxygen atoms in total. The first-order chi connectivity index (χ1) is 11.8. The lowest BCUT2D eigenvalue weighted by atomic mass is 10.0. The number of nitrogens with one attached hydrogen (secondary N) is 1. The highest BCUT2D eigenvalue weighted by molar-refractivity contribution is 5.91. The molecular weight excluding hydrogens is 300 g/mol. The van der Waals surface area contributed by atoms with E-state index in [-0.39, 0.29) is 5.91 Å². The molecule has 1 saturated carbocycles. The first kappa shape index (κ1) is 16.7. The fourth-order valence-corrected chi connectivity index (χ4v) is 3.40. The Morgan fingerprint density at radius 1 is 1.17 bits per heavy atom. The summed E-state index contributed by atoms with van der Waals surface area (Å²) < 4.78 is 1.70. The number of carbonyl (C=O) groups excluding carboxylic acids is 1. The highest BCUT2D eigenvalue weighted by atomic mass is 16.2. The maximum Gasteiger partial charge on any atom is 0.273 e. The van der Waals surface area contributed by atoms with Crippen molar-refractivity contribution in [1.29, 1.82) is 0 Å². The van der Waals surface area contributed by atoms with Crippen molar-refractivity contribution in [3.05, 3.63) is 47.8 Å². The van der Waals surface area contributed by atoms with Gasteiger partial charge in [-0.2, -0.15) is 0 Å². The average molecular weight is 326 g/mol. The first-order valence-electron chi connectivity index (χ1n) is 9.03. The molecule has 128 valence electrons. The number of benzene rings is 1. The molecule has 0 bridgehead atoms. The van der Waals surface area contributed by atoms with Crippen LogP contribution in [0.15, 0.2) is 36.5 Å². The molecule has 1 aliphatic rings. The molecule has 1 aromatic heterocycles. The van der Waals surface area contributed by atoms with Crippen molar-refractivity contribution in [2.24, 2.45) is 5.92 Å². The second-order valence-electron chi connectivity index (χ2n) is 6.69. The van der Waals surface area contributed by atoms with Crippen LogP contribution < -0.4 is 5.32 Å². The SMILES string of the molecule is O=C(NCCCCC1CCCC1)c1cn(Cc2ccccc2)nn1. The number of nitrogens with zero attached hydrogens (tertiary/aromatic N) is 3. The zero-order chi connectivity index (χ0) is 16.6. The molecular formula is C19H26N4O. The van der Waals surface area contributed by atoms with Crippen LogP contribution in [-0.4, -0.2) is 27.4 Å². The summed E-state index contributed by atoms with van der Waals surface area (Å²) in [5.74, 6) is 0.800. The number of aromatic nitrogens is 3. The minimum atomic E-state index is -0.129. The van der Waals surface area contributed by atoms with E-state index in [1.807, 2.05) is 30.3 Å². The van der Waals surface area contributed by atoms with Crippen LogP contribution in [0.2, 0.25) is 0 Å². The summed E-state index contributed by atoms with van der Waals surface area (Å²) >= 11 is 0. The lowest BCUT2D eigenvalue weighted by Gasteiger charge is -2.08. The van der Waals surface area contributed by atoms with Gasteiger partial charge in [0.05, 0.1) is 12.7 Å². The molecule has 0 atom stereocenters. The molecule has 1 amide bonds. The second kappa shape index (κ2) is 8.62. The predicted molar refractivity (Wildman–Crippen MR) is 93.7 cm³/mol. The fourth-order valence-electron chi connectivity index (χ4n) is 3.40. The summed E-state index contributed by atoms with van der Waals surface area (Å²) in [6.07, 6.45) is 10.9. The van der Waals surface area contributed by atoms with E-state index >= 15 is 0 Å². The topological polar surface area (TPSA) is 59.8 Å². The smallest absolute Gasteiger partial charge is 0.273 e. The molecule has 1 N–H and O–H groups in total. The maximum absolute atomic E-state index is 12.1. The lowest BCUT2D eigenvalue weighted by molar-refractivity contribution is 0.0947. The van der Waals surface area contributed by atoms with Crippen molar-refractivity contribution in [1.82, 2.24) is 20.3 Å². The molecule has 1 aliphatic carbocycles. The second-order valence-corrected chi connectivity index (χ2v) is 6.69. The highest BCUT2D eigenvalue weighted by Crippen LogP contribution is 2.28. The predicted octanol–water partition coefficient (Wildman–Crippen LogP) is 3.42. The van der Waals surface area contributed by atoms with Crippen LogP contribution >= 0.6 is 0 Å². The van der Waals surface area contributed by atoms with E-state index in [0.717, 1.165) is 24.4 Å². The summed E-state index contributed by atoms with van der Waals surface area (Å²) in [6.45, 7) is 1.35. The molecule has 0 radical (unpaired) electrons. The third-order valence-electron chi connectivity index (χ3n) is 4.76. The Kier molecular flexibility index (Phi) is 5.99. The molecule has 1 aromatic carbocycles. The molecule has 0 unspecified atom stereocenters. The Hall–Kier alpha value is -2.17. The normalized spacial score (nSPS) is 14.8. The Labute approximate surface area is 143 Å². The van der Waals surface area contributed by atoms with Crippen molar-refractivity contribution in [3.63, 3.8) is 0 Å². The van der Waals surface area contributed by atoms with Gasteiger partial charge in [-0.05, 0) is 17.9 Å². The molecule has 0 spiro atoms. The Morgan fingerprint density at radius 3 is 2.75 bits per heavy atom. The van der Waals surface area contributed by atoms with Gasteiger partial charge in [-0.15, -0.1) is 5.10 Å². The first-order valence-corrected chi connectivity index (χ1v) is 9.03. The summed E-state index contributed by atoms with van der Waals surface area (Å²) in [6, 6.07) is 10.0. The molecule has 24 heavy (non-hydrogen) atoms. The van der Waals surface area contributed by atoms with Crippen LogP contribution in [0, 0.1) is 5.92 Å². The zero-order valence-electron chi connectivity index (χ0n) is 14.2. The van der Waals surface area contributed by atoms with Gasteiger partial charge in [0, 0.05) is 6.54 Å². The monoisotopic (exact) mass is 326 g/mol. The van der Waals surface area contributed by atoms with Crippen molar-refractivity contribution < 1.29 is 4.79 Å². The molecule has 1 fully saturated rings. The van der Waals surface area contributed by atoms with Gasteiger partial charge in [0.2, 0.25) is 0 Å². The van der Waals surface area contributed by atoms with Crippen LogP contribution in [-0.2, 0) is 6.54 Å². The van der Waals surface area contributed by atoms with E-state index in [0.29, 0.717) is 12.2 Å². The maximum atomic E-state index is 12.1. The number of carbonyl (C=O) groups is 1. The van der Waals surface area contributed by atoms with Gasteiger partial charge in [0.15, 0.2) is 5.69 Å².